The number of anilines is 2. The van der Waals surface area contributed by atoms with Crippen molar-refractivity contribution < 1.29 is 9.21 Å². The third-order valence-electron chi connectivity index (χ3n) is 2.87. The molecule has 0 radical (unpaired) electrons. The van der Waals surface area contributed by atoms with Gasteiger partial charge in [-0.2, -0.15) is 0 Å². The number of rotatable bonds is 4. The number of aryl methyl sites for hydroxylation is 1. The minimum atomic E-state index is -0.0544. The van der Waals surface area contributed by atoms with Crippen molar-refractivity contribution in [1.29, 1.82) is 0 Å². The summed E-state index contributed by atoms with van der Waals surface area (Å²) in [6.07, 6.45) is 0. The van der Waals surface area contributed by atoms with Crippen LogP contribution in [0.25, 0.3) is 0 Å². The highest BCUT2D eigenvalue weighted by atomic mass is 16.4. The van der Waals surface area contributed by atoms with Gasteiger partial charge in [0.05, 0.1) is 0 Å². The molecule has 0 spiro atoms. The third-order valence-corrected chi connectivity index (χ3v) is 2.87. The Bertz CT molecular complexity index is 540. The van der Waals surface area contributed by atoms with Crippen molar-refractivity contribution in [2.45, 2.75) is 20.8 Å². The molecule has 0 fully saturated rings. The van der Waals surface area contributed by atoms with Crippen molar-refractivity contribution in [1.82, 2.24) is 0 Å². The number of carbonyl (C=O) groups excluding carboxylic acids is 1. The van der Waals surface area contributed by atoms with Crippen molar-refractivity contribution in [3.8, 4) is 0 Å². The Morgan fingerprint density at radius 1 is 1.17 bits per heavy atom. The number of benzene rings is 1. The first-order valence-corrected chi connectivity index (χ1v) is 6.06. The number of hydrogen-bond acceptors (Lipinski definition) is 3. The fourth-order valence-electron chi connectivity index (χ4n) is 1.85. The van der Waals surface area contributed by atoms with Crippen LogP contribution in [0.15, 0.2) is 40.8 Å². The molecule has 1 aromatic carbocycles. The van der Waals surface area contributed by atoms with E-state index in [1.807, 2.05) is 11.0 Å². The maximum atomic E-state index is 11.2. The number of hydrogen-bond donors (Lipinski definition) is 0. The van der Waals surface area contributed by atoms with E-state index in [0.29, 0.717) is 11.6 Å². The van der Waals surface area contributed by atoms with Crippen LogP contribution in [0.1, 0.15) is 30.0 Å². The monoisotopic (exact) mass is 243 g/mol. The van der Waals surface area contributed by atoms with Gasteiger partial charge < -0.3 is 9.32 Å². The zero-order chi connectivity index (χ0) is 13.1. The smallest absolute Gasteiger partial charge is 0.200 e. The second-order valence-electron chi connectivity index (χ2n) is 4.27. The van der Waals surface area contributed by atoms with Gasteiger partial charge >= 0.3 is 0 Å². The second kappa shape index (κ2) is 5.08. The molecule has 0 aliphatic rings. The van der Waals surface area contributed by atoms with Crippen molar-refractivity contribution in [3.63, 3.8) is 0 Å². The van der Waals surface area contributed by atoms with Crippen molar-refractivity contribution in [2.24, 2.45) is 0 Å². The Morgan fingerprint density at radius 2 is 1.83 bits per heavy atom. The molecular weight excluding hydrogens is 226 g/mol. The van der Waals surface area contributed by atoms with Gasteiger partial charge in [0.1, 0.15) is 0 Å². The van der Waals surface area contributed by atoms with Crippen molar-refractivity contribution in [2.75, 3.05) is 11.4 Å². The standard InChI is InChI=1S/C15H17NO2/c1-4-16(13-7-5-11(2)6-8-13)15-10-9-14(18-15)12(3)17/h5-10H,4H2,1-3H3. The number of furan rings is 1. The Labute approximate surface area is 107 Å². The first-order chi connectivity index (χ1) is 8.61. The zero-order valence-electron chi connectivity index (χ0n) is 10.9. The Kier molecular flexibility index (Phi) is 3.51. The summed E-state index contributed by atoms with van der Waals surface area (Å²) in [5.74, 6) is 1.04. The summed E-state index contributed by atoms with van der Waals surface area (Å²) >= 11 is 0. The summed E-state index contributed by atoms with van der Waals surface area (Å²) in [6.45, 7) is 6.40. The lowest BCUT2D eigenvalue weighted by atomic mass is 10.2. The summed E-state index contributed by atoms with van der Waals surface area (Å²) < 4.78 is 5.56. The molecule has 0 bridgehead atoms. The van der Waals surface area contributed by atoms with Gasteiger partial charge in [0.25, 0.3) is 0 Å². The molecule has 0 saturated carbocycles. The maximum absolute atomic E-state index is 11.2. The topological polar surface area (TPSA) is 33.5 Å². The van der Waals surface area contributed by atoms with Crippen LogP contribution >= 0.6 is 0 Å². The van der Waals surface area contributed by atoms with Crippen molar-refractivity contribution in [3.05, 3.63) is 47.7 Å². The molecular formula is C15H17NO2. The molecule has 1 aromatic heterocycles. The largest absolute Gasteiger partial charge is 0.437 e. The first-order valence-electron chi connectivity index (χ1n) is 6.06. The van der Waals surface area contributed by atoms with E-state index in [0.717, 1.165) is 12.2 Å². The lowest BCUT2D eigenvalue weighted by Crippen LogP contribution is -2.15. The van der Waals surface area contributed by atoms with Crippen LogP contribution in [0, 0.1) is 6.92 Å². The van der Waals surface area contributed by atoms with Crippen LogP contribution in [0.2, 0.25) is 0 Å². The second-order valence-corrected chi connectivity index (χ2v) is 4.27. The molecule has 3 heteroatoms. The highest BCUT2D eigenvalue weighted by Crippen LogP contribution is 2.27. The molecule has 0 aliphatic heterocycles. The predicted molar refractivity (Wildman–Crippen MR) is 72.6 cm³/mol. The molecule has 0 unspecified atom stereocenters. The van der Waals surface area contributed by atoms with Gasteiger partial charge in [-0.25, -0.2) is 0 Å². The van der Waals surface area contributed by atoms with Crippen LogP contribution in [-0.4, -0.2) is 12.3 Å². The Hall–Kier alpha value is -2.03. The minimum absolute atomic E-state index is 0.0544. The number of ketones is 1. The third kappa shape index (κ3) is 2.45. The van der Waals surface area contributed by atoms with Crippen LogP contribution in [0.5, 0.6) is 0 Å². The fourth-order valence-corrected chi connectivity index (χ4v) is 1.85. The van der Waals surface area contributed by atoms with E-state index in [9.17, 15) is 4.79 Å². The summed E-state index contributed by atoms with van der Waals surface area (Å²) in [7, 11) is 0. The summed E-state index contributed by atoms with van der Waals surface area (Å²) in [6, 6.07) is 11.8. The molecule has 1 heterocycles. The number of nitrogens with zero attached hydrogens (tertiary/aromatic N) is 1. The highest BCUT2D eigenvalue weighted by molar-refractivity contribution is 5.91. The van der Waals surface area contributed by atoms with Crippen LogP contribution in [0.4, 0.5) is 11.6 Å². The molecule has 3 nitrogen and oxygen atoms in total. The summed E-state index contributed by atoms with van der Waals surface area (Å²) in [5, 5.41) is 0. The van der Waals surface area contributed by atoms with Gasteiger partial charge in [0.15, 0.2) is 11.5 Å². The molecule has 18 heavy (non-hydrogen) atoms. The zero-order valence-corrected chi connectivity index (χ0v) is 10.9. The van der Waals surface area contributed by atoms with Gasteiger partial charge in [-0.05, 0) is 32.0 Å². The van der Waals surface area contributed by atoms with Crippen LogP contribution in [-0.2, 0) is 0 Å². The molecule has 94 valence electrons. The lowest BCUT2D eigenvalue weighted by molar-refractivity contribution is 0.0988. The quantitative estimate of drug-likeness (QED) is 0.762. The first kappa shape index (κ1) is 12.4. The van der Waals surface area contributed by atoms with Gasteiger partial charge in [0.2, 0.25) is 5.88 Å². The molecule has 0 aliphatic carbocycles. The van der Waals surface area contributed by atoms with Gasteiger partial charge in [-0.1, -0.05) is 17.7 Å². The Morgan fingerprint density at radius 3 is 2.33 bits per heavy atom. The molecule has 0 amide bonds. The molecule has 0 saturated heterocycles. The van der Waals surface area contributed by atoms with Crippen LogP contribution in [0.3, 0.4) is 0 Å². The highest BCUT2D eigenvalue weighted by Gasteiger charge is 2.13. The normalized spacial score (nSPS) is 10.4. The lowest BCUT2D eigenvalue weighted by Gasteiger charge is -2.20. The van der Waals surface area contributed by atoms with Gasteiger partial charge in [-0.15, -0.1) is 0 Å². The van der Waals surface area contributed by atoms with E-state index >= 15 is 0 Å². The number of carbonyl (C=O) groups is 1. The minimum Gasteiger partial charge on any atom is -0.437 e. The van der Waals surface area contributed by atoms with Crippen molar-refractivity contribution >= 4 is 17.4 Å². The van der Waals surface area contributed by atoms with E-state index < -0.39 is 0 Å². The van der Waals surface area contributed by atoms with Crippen LogP contribution < -0.4 is 4.90 Å². The van der Waals surface area contributed by atoms with E-state index in [2.05, 4.69) is 38.1 Å². The van der Waals surface area contributed by atoms with Gasteiger partial charge in [-0.3, -0.25) is 4.79 Å². The average Bonchev–Trinajstić information content (AvgIpc) is 2.82. The Balaban J connectivity index is 2.32. The summed E-state index contributed by atoms with van der Waals surface area (Å²) in [4.78, 5) is 13.3. The summed E-state index contributed by atoms with van der Waals surface area (Å²) in [5.41, 5.74) is 2.28. The van der Waals surface area contributed by atoms with Gasteiger partial charge in [0, 0.05) is 25.2 Å². The maximum Gasteiger partial charge on any atom is 0.200 e. The fraction of sp³-hybridized carbons (Fsp3) is 0.267. The van der Waals surface area contributed by atoms with E-state index in [1.165, 1.54) is 12.5 Å². The SMILES string of the molecule is CCN(c1ccc(C)cc1)c1ccc(C(C)=O)o1. The predicted octanol–water partition coefficient (Wildman–Crippen LogP) is 3.95. The number of Topliss-reactive ketones (excluding diaryl/α,β-unsaturated/α-hetero) is 1. The molecule has 0 atom stereocenters. The van der Waals surface area contributed by atoms with E-state index in [1.54, 1.807) is 6.07 Å². The average molecular weight is 243 g/mol. The van der Waals surface area contributed by atoms with E-state index in [-0.39, 0.29) is 5.78 Å². The molecule has 2 aromatic rings. The molecule has 0 N–H and O–H groups in total. The van der Waals surface area contributed by atoms with E-state index in [4.69, 9.17) is 4.42 Å². The molecule has 2 rings (SSSR count).